The average Bonchev–Trinajstić information content (AvgIpc) is 2.65. The Morgan fingerprint density at radius 1 is 1.04 bits per heavy atom. The van der Waals surface area contributed by atoms with Crippen molar-refractivity contribution in [1.82, 2.24) is 15.5 Å². The summed E-state index contributed by atoms with van der Waals surface area (Å²) in [5, 5.41) is 6.76. The number of rotatable bonds is 7. The van der Waals surface area contributed by atoms with E-state index < -0.39 is 0 Å². The van der Waals surface area contributed by atoms with Crippen molar-refractivity contribution in [3.63, 3.8) is 0 Å². The number of likely N-dealkylation sites (N-methyl/N-ethyl adjacent to an activating group) is 1. The van der Waals surface area contributed by atoms with Gasteiger partial charge in [0.05, 0.1) is 13.2 Å². The molecule has 1 unspecified atom stereocenters. The Labute approximate surface area is 173 Å². The lowest BCUT2D eigenvalue weighted by Gasteiger charge is -2.26. The molecule has 2 rings (SSSR count). The van der Waals surface area contributed by atoms with E-state index in [1.165, 1.54) is 11.1 Å². The molecule has 0 saturated carbocycles. The molecule has 0 spiro atoms. The summed E-state index contributed by atoms with van der Waals surface area (Å²) in [6.07, 6.45) is 0. The average molecular weight is 468 g/mol. The van der Waals surface area contributed by atoms with Crippen molar-refractivity contribution in [1.29, 1.82) is 0 Å². The third-order valence-corrected chi connectivity index (χ3v) is 4.11. The maximum Gasteiger partial charge on any atom is 0.191 e. The largest absolute Gasteiger partial charge is 0.497 e. The molecule has 1 atom stereocenters. The van der Waals surface area contributed by atoms with Gasteiger partial charge in [-0.15, -0.1) is 24.0 Å². The van der Waals surface area contributed by atoms with E-state index in [1.807, 2.05) is 30.3 Å². The highest BCUT2D eigenvalue weighted by Gasteiger charge is 2.14. The molecule has 0 saturated heterocycles. The summed E-state index contributed by atoms with van der Waals surface area (Å²) in [6.45, 7) is 1.50. The van der Waals surface area contributed by atoms with Crippen LogP contribution in [0.1, 0.15) is 17.2 Å². The van der Waals surface area contributed by atoms with Crippen LogP contribution in [0.4, 0.5) is 0 Å². The fraction of sp³-hybridized carbons (Fsp3) is 0.350. The number of nitrogens with one attached hydrogen (secondary N) is 2. The molecule has 26 heavy (non-hydrogen) atoms. The minimum atomic E-state index is 0. The third-order valence-electron chi connectivity index (χ3n) is 4.11. The van der Waals surface area contributed by atoms with Gasteiger partial charge in [-0.05, 0) is 37.4 Å². The van der Waals surface area contributed by atoms with Crippen molar-refractivity contribution in [2.75, 3.05) is 34.8 Å². The Bertz CT molecular complexity index is 659. The minimum Gasteiger partial charge on any atom is -0.497 e. The molecule has 0 amide bonds. The first kappa shape index (κ1) is 22.2. The summed E-state index contributed by atoms with van der Waals surface area (Å²) >= 11 is 0. The summed E-state index contributed by atoms with van der Waals surface area (Å²) in [5.74, 6) is 1.67. The second-order valence-electron chi connectivity index (χ2n) is 6.04. The van der Waals surface area contributed by atoms with Crippen LogP contribution in [0, 0.1) is 0 Å². The molecular formula is C20H29IN4O. The van der Waals surface area contributed by atoms with Crippen molar-refractivity contribution in [2.24, 2.45) is 4.99 Å². The van der Waals surface area contributed by atoms with E-state index in [-0.39, 0.29) is 30.0 Å². The summed E-state index contributed by atoms with van der Waals surface area (Å²) < 4.78 is 5.24. The van der Waals surface area contributed by atoms with Crippen molar-refractivity contribution >= 4 is 29.9 Å². The van der Waals surface area contributed by atoms with Gasteiger partial charge in [0.1, 0.15) is 5.75 Å². The van der Waals surface area contributed by atoms with Gasteiger partial charge in [0, 0.05) is 20.1 Å². The first-order valence-corrected chi connectivity index (χ1v) is 8.43. The van der Waals surface area contributed by atoms with Gasteiger partial charge in [0.15, 0.2) is 5.96 Å². The lowest BCUT2D eigenvalue weighted by atomic mass is 10.1. The topological polar surface area (TPSA) is 48.9 Å². The van der Waals surface area contributed by atoms with Crippen LogP contribution in [-0.4, -0.2) is 45.7 Å². The summed E-state index contributed by atoms with van der Waals surface area (Å²) in [7, 11) is 7.63. The maximum absolute atomic E-state index is 5.24. The van der Waals surface area contributed by atoms with Crippen LogP contribution < -0.4 is 15.4 Å². The van der Waals surface area contributed by atoms with Crippen LogP contribution in [0.2, 0.25) is 0 Å². The van der Waals surface area contributed by atoms with Gasteiger partial charge < -0.3 is 20.3 Å². The van der Waals surface area contributed by atoms with Crippen LogP contribution in [0.15, 0.2) is 59.6 Å². The van der Waals surface area contributed by atoms with Crippen molar-refractivity contribution in [2.45, 2.75) is 12.6 Å². The fourth-order valence-electron chi connectivity index (χ4n) is 2.62. The van der Waals surface area contributed by atoms with Gasteiger partial charge in [-0.2, -0.15) is 0 Å². The van der Waals surface area contributed by atoms with E-state index >= 15 is 0 Å². The number of benzene rings is 2. The SMILES string of the molecule is CN=C(NCc1ccccc1)NCC(c1ccc(OC)cc1)N(C)C.I. The monoisotopic (exact) mass is 468 g/mol. The lowest BCUT2D eigenvalue weighted by molar-refractivity contribution is 0.298. The molecule has 0 aliphatic heterocycles. The molecule has 6 heteroatoms. The highest BCUT2D eigenvalue weighted by atomic mass is 127. The minimum absolute atomic E-state index is 0. The Hall–Kier alpha value is -1.80. The predicted molar refractivity (Wildman–Crippen MR) is 119 cm³/mol. The van der Waals surface area contributed by atoms with Crippen LogP contribution in [0.25, 0.3) is 0 Å². The van der Waals surface area contributed by atoms with Crippen molar-refractivity contribution in [3.8, 4) is 5.75 Å². The van der Waals surface area contributed by atoms with E-state index in [0.717, 1.165) is 24.8 Å². The molecule has 0 radical (unpaired) electrons. The number of hydrogen-bond acceptors (Lipinski definition) is 3. The number of hydrogen-bond donors (Lipinski definition) is 2. The summed E-state index contributed by atoms with van der Waals surface area (Å²) in [5.41, 5.74) is 2.46. The molecule has 0 aromatic heterocycles. The van der Waals surface area contributed by atoms with Gasteiger partial charge >= 0.3 is 0 Å². The lowest BCUT2D eigenvalue weighted by Crippen LogP contribution is -2.41. The highest BCUT2D eigenvalue weighted by molar-refractivity contribution is 14.0. The zero-order valence-corrected chi connectivity index (χ0v) is 18.2. The van der Waals surface area contributed by atoms with Gasteiger partial charge in [-0.1, -0.05) is 42.5 Å². The second kappa shape index (κ2) is 11.7. The number of halogens is 1. The zero-order valence-electron chi connectivity index (χ0n) is 15.9. The molecule has 2 N–H and O–H groups in total. The molecule has 2 aromatic carbocycles. The fourth-order valence-corrected chi connectivity index (χ4v) is 2.62. The van der Waals surface area contributed by atoms with E-state index in [0.29, 0.717) is 0 Å². The normalized spacial score (nSPS) is 12.3. The molecule has 0 bridgehead atoms. The number of guanidine groups is 1. The number of ether oxygens (including phenoxy) is 1. The zero-order chi connectivity index (χ0) is 18.1. The van der Waals surface area contributed by atoms with Crippen molar-refractivity contribution in [3.05, 3.63) is 65.7 Å². The highest BCUT2D eigenvalue weighted by Crippen LogP contribution is 2.20. The van der Waals surface area contributed by atoms with Crippen LogP contribution in [-0.2, 0) is 6.54 Å². The first-order chi connectivity index (χ1) is 12.1. The first-order valence-electron chi connectivity index (χ1n) is 8.43. The van der Waals surface area contributed by atoms with E-state index in [4.69, 9.17) is 4.74 Å². The van der Waals surface area contributed by atoms with Crippen molar-refractivity contribution < 1.29 is 4.74 Å². The smallest absolute Gasteiger partial charge is 0.191 e. The number of methoxy groups -OCH3 is 1. The maximum atomic E-state index is 5.24. The third kappa shape index (κ3) is 6.84. The summed E-state index contributed by atoms with van der Waals surface area (Å²) in [6, 6.07) is 18.7. The van der Waals surface area contributed by atoms with Crippen LogP contribution in [0.5, 0.6) is 5.75 Å². The van der Waals surface area contributed by atoms with E-state index in [2.05, 4.69) is 58.9 Å². The van der Waals surface area contributed by atoms with Gasteiger partial charge in [0.2, 0.25) is 0 Å². The molecular weight excluding hydrogens is 439 g/mol. The Morgan fingerprint density at radius 3 is 2.23 bits per heavy atom. The Balaban J connectivity index is 0.00000338. The molecule has 0 fully saturated rings. The second-order valence-corrected chi connectivity index (χ2v) is 6.04. The molecule has 0 aliphatic rings. The van der Waals surface area contributed by atoms with Gasteiger partial charge in [-0.3, -0.25) is 4.99 Å². The van der Waals surface area contributed by atoms with Gasteiger partial charge in [0.25, 0.3) is 0 Å². The van der Waals surface area contributed by atoms with Crippen LogP contribution in [0.3, 0.4) is 0 Å². The molecule has 0 heterocycles. The van der Waals surface area contributed by atoms with E-state index in [9.17, 15) is 0 Å². The molecule has 5 nitrogen and oxygen atoms in total. The molecule has 2 aromatic rings. The number of nitrogens with zero attached hydrogens (tertiary/aromatic N) is 2. The summed E-state index contributed by atoms with van der Waals surface area (Å²) in [4.78, 5) is 6.51. The Morgan fingerprint density at radius 2 is 1.69 bits per heavy atom. The predicted octanol–water partition coefficient (Wildman–Crippen LogP) is 3.28. The molecule has 142 valence electrons. The Kier molecular flexibility index (Phi) is 10.0. The standard InChI is InChI=1S/C20H28N4O.HI/c1-21-20(22-14-16-8-6-5-7-9-16)23-15-19(24(2)3)17-10-12-18(25-4)13-11-17;/h5-13,19H,14-15H2,1-4H3,(H2,21,22,23);1H. The van der Waals surface area contributed by atoms with Gasteiger partial charge in [-0.25, -0.2) is 0 Å². The number of aliphatic imine (C=N–C) groups is 1. The quantitative estimate of drug-likeness (QED) is 0.372. The van der Waals surface area contributed by atoms with E-state index in [1.54, 1.807) is 14.2 Å². The molecule has 0 aliphatic carbocycles. The van der Waals surface area contributed by atoms with Crippen LogP contribution >= 0.6 is 24.0 Å².